The minimum Gasteiger partial charge on any atom is -0.459 e. The number of carbonyl (C=O) groups excluding carboxylic acids is 2. The van der Waals surface area contributed by atoms with Gasteiger partial charge in [-0.3, -0.25) is 9.59 Å². The lowest BCUT2D eigenvalue weighted by molar-refractivity contribution is -0.257. The number of carbonyl (C=O) groups is 2. The van der Waals surface area contributed by atoms with E-state index < -0.39 is 31.2 Å². The van der Waals surface area contributed by atoms with Crippen LogP contribution >= 0.6 is 0 Å². The van der Waals surface area contributed by atoms with Crippen molar-refractivity contribution in [2.75, 3.05) is 6.61 Å². The first kappa shape index (κ1) is 25.9. The van der Waals surface area contributed by atoms with Gasteiger partial charge < -0.3 is 24.4 Å². The summed E-state index contributed by atoms with van der Waals surface area (Å²) in [6.45, 7) is 7.61. The molecule has 0 aromatic heterocycles. The van der Waals surface area contributed by atoms with Gasteiger partial charge in [-0.15, -0.1) is 0 Å². The number of rotatable bonds is 13. The van der Waals surface area contributed by atoms with E-state index in [-0.39, 0.29) is 30.2 Å². The molecule has 0 aromatic rings. The Morgan fingerprint density at radius 2 is 1.34 bits per heavy atom. The molecule has 29 heavy (non-hydrogen) atoms. The Morgan fingerprint density at radius 3 is 1.76 bits per heavy atom. The summed E-state index contributed by atoms with van der Waals surface area (Å²) in [5.74, 6) is -1.11. The zero-order chi connectivity index (χ0) is 21.8. The molecule has 0 bridgehead atoms. The standard InChI is InChI=1S/C22H40O7/c1-5-9-15(10-6-2)21(25)28-17-13-19(27-18(14-23)20(17)24)29-22(26)16(11-7-3)12-8-4/h15-20,23-24H,5-14H2,1-4H3/t17-,18-,19+,20+/m1/s1. The van der Waals surface area contributed by atoms with Crippen molar-refractivity contribution in [1.82, 2.24) is 0 Å². The van der Waals surface area contributed by atoms with Crippen molar-refractivity contribution >= 4 is 11.9 Å². The average Bonchev–Trinajstić information content (AvgIpc) is 2.69. The first-order valence-corrected chi connectivity index (χ1v) is 11.3. The Balaban J connectivity index is 2.80. The van der Waals surface area contributed by atoms with Crippen molar-refractivity contribution in [2.24, 2.45) is 11.8 Å². The first-order chi connectivity index (χ1) is 13.9. The molecule has 0 amide bonds. The van der Waals surface area contributed by atoms with Gasteiger partial charge in [-0.1, -0.05) is 53.4 Å². The Labute approximate surface area is 175 Å². The lowest BCUT2D eigenvalue weighted by atomic mass is 9.97. The van der Waals surface area contributed by atoms with Gasteiger partial charge in [0.1, 0.15) is 18.3 Å². The third-order valence-corrected chi connectivity index (χ3v) is 5.42. The zero-order valence-corrected chi connectivity index (χ0v) is 18.5. The molecule has 170 valence electrons. The second-order valence-corrected chi connectivity index (χ2v) is 7.97. The molecule has 0 saturated carbocycles. The highest BCUT2D eigenvalue weighted by Crippen LogP contribution is 2.27. The third kappa shape index (κ3) is 8.22. The molecule has 1 aliphatic heterocycles. The number of aliphatic hydroxyl groups excluding tert-OH is 2. The highest BCUT2D eigenvalue weighted by Gasteiger charge is 2.42. The van der Waals surface area contributed by atoms with Gasteiger partial charge in [0.15, 0.2) is 0 Å². The van der Waals surface area contributed by atoms with Crippen LogP contribution < -0.4 is 0 Å². The van der Waals surface area contributed by atoms with E-state index in [1.165, 1.54) is 0 Å². The molecule has 1 rings (SSSR count). The summed E-state index contributed by atoms with van der Waals surface area (Å²) in [6, 6.07) is 0. The average molecular weight is 417 g/mol. The number of hydrogen-bond acceptors (Lipinski definition) is 7. The third-order valence-electron chi connectivity index (χ3n) is 5.42. The second-order valence-electron chi connectivity index (χ2n) is 7.97. The maximum absolute atomic E-state index is 12.6. The quantitative estimate of drug-likeness (QED) is 0.444. The molecule has 4 atom stereocenters. The van der Waals surface area contributed by atoms with Crippen LogP contribution in [0.1, 0.15) is 85.5 Å². The molecule has 1 fully saturated rings. The van der Waals surface area contributed by atoms with Gasteiger partial charge in [0.05, 0.1) is 24.9 Å². The molecule has 7 heteroatoms. The molecule has 1 saturated heterocycles. The van der Waals surface area contributed by atoms with Gasteiger partial charge >= 0.3 is 11.9 Å². The molecule has 1 heterocycles. The van der Waals surface area contributed by atoms with Crippen molar-refractivity contribution in [3.8, 4) is 0 Å². The summed E-state index contributed by atoms with van der Waals surface area (Å²) in [4.78, 5) is 25.1. The second kappa shape index (κ2) is 13.9. The van der Waals surface area contributed by atoms with E-state index in [0.29, 0.717) is 0 Å². The fourth-order valence-corrected chi connectivity index (χ4v) is 3.87. The molecule has 7 nitrogen and oxygen atoms in total. The van der Waals surface area contributed by atoms with Crippen molar-refractivity contribution in [1.29, 1.82) is 0 Å². The van der Waals surface area contributed by atoms with Crippen LogP contribution in [0.15, 0.2) is 0 Å². The van der Waals surface area contributed by atoms with Gasteiger partial charge in [0.25, 0.3) is 0 Å². The highest BCUT2D eigenvalue weighted by molar-refractivity contribution is 5.73. The number of ether oxygens (including phenoxy) is 3. The van der Waals surface area contributed by atoms with Gasteiger partial charge in [0.2, 0.25) is 6.29 Å². The fourth-order valence-electron chi connectivity index (χ4n) is 3.87. The first-order valence-electron chi connectivity index (χ1n) is 11.3. The van der Waals surface area contributed by atoms with Gasteiger partial charge in [-0.2, -0.15) is 0 Å². The topological polar surface area (TPSA) is 102 Å². The van der Waals surface area contributed by atoms with E-state index in [4.69, 9.17) is 14.2 Å². The van der Waals surface area contributed by atoms with E-state index in [9.17, 15) is 19.8 Å². The van der Waals surface area contributed by atoms with Gasteiger partial charge in [-0.05, 0) is 25.7 Å². The lowest BCUT2D eigenvalue weighted by Crippen LogP contribution is -2.53. The van der Waals surface area contributed by atoms with Crippen molar-refractivity contribution in [3.05, 3.63) is 0 Å². The lowest BCUT2D eigenvalue weighted by Gasteiger charge is -2.38. The van der Waals surface area contributed by atoms with E-state index >= 15 is 0 Å². The van der Waals surface area contributed by atoms with Crippen LogP contribution in [0.3, 0.4) is 0 Å². The summed E-state index contributed by atoms with van der Waals surface area (Å²) < 4.78 is 16.7. The van der Waals surface area contributed by atoms with Gasteiger partial charge in [0, 0.05) is 0 Å². The van der Waals surface area contributed by atoms with Crippen LogP contribution in [0, 0.1) is 11.8 Å². The molecule has 0 aliphatic carbocycles. The van der Waals surface area contributed by atoms with Crippen LogP contribution in [-0.2, 0) is 23.8 Å². The fraction of sp³-hybridized carbons (Fsp3) is 0.909. The van der Waals surface area contributed by atoms with Crippen molar-refractivity contribution in [3.63, 3.8) is 0 Å². The molecule has 2 N–H and O–H groups in total. The zero-order valence-electron chi connectivity index (χ0n) is 18.5. The predicted octanol–water partition coefficient (Wildman–Crippen LogP) is 3.34. The summed E-state index contributed by atoms with van der Waals surface area (Å²) >= 11 is 0. The molecule has 0 spiro atoms. The Hall–Kier alpha value is -1.18. The number of aliphatic hydroxyl groups is 2. The molecular weight excluding hydrogens is 376 g/mol. The number of esters is 2. The monoisotopic (exact) mass is 416 g/mol. The molecule has 0 unspecified atom stereocenters. The Kier molecular flexibility index (Phi) is 12.4. The molecule has 0 aromatic carbocycles. The van der Waals surface area contributed by atoms with E-state index in [0.717, 1.165) is 51.4 Å². The molecular formula is C22H40O7. The molecule has 1 aliphatic rings. The minimum absolute atomic E-state index is 0.0606. The molecule has 0 radical (unpaired) electrons. The Bertz CT molecular complexity index is 470. The van der Waals surface area contributed by atoms with Gasteiger partial charge in [-0.25, -0.2) is 0 Å². The highest BCUT2D eigenvalue weighted by atomic mass is 16.7. The number of hydrogen-bond donors (Lipinski definition) is 2. The van der Waals surface area contributed by atoms with Crippen LogP contribution in [0.5, 0.6) is 0 Å². The minimum atomic E-state index is -1.16. The van der Waals surface area contributed by atoms with Crippen LogP contribution in [-0.4, -0.2) is 53.4 Å². The van der Waals surface area contributed by atoms with Crippen molar-refractivity contribution in [2.45, 2.75) is 110 Å². The maximum atomic E-state index is 12.6. The van der Waals surface area contributed by atoms with E-state index in [2.05, 4.69) is 0 Å². The largest absolute Gasteiger partial charge is 0.459 e. The summed E-state index contributed by atoms with van der Waals surface area (Å²) in [6.07, 6.45) is 2.51. The SMILES string of the molecule is CCCC(CCC)C(=O)O[C@H]1C[C@@H](OC(=O)C(CCC)CCC)[C@H](O)[C@@H](CO)O1. The Morgan fingerprint density at radius 1 is 0.897 bits per heavy atom. The van der Waals surface area contributed by atoms with Crippen molar-refractivity contribution < 1.29 is 34.0 Å². The normalized spacial score (nSPS) is 24.7. The summed E-state index contributed by atoms with van der Waals surface area (Å²) in [5.41, 5.74) is 0. The predicted molar refractivity (Wildman–Crippen MR) is 109 cm³/mol. The van der Waals surface area contributed by atoms with Crippen LogP contribution in [0.4, 0.5) is 0 Å². The smallest absolute Gasteiger partial charge is 0.311 e. The van der Waals surface area contributed by atoms with Crippen LogP contribution in [0.2, 0.25) is 0 Å². The van der Waals surface area contributed by atoms with E-state index in [1.807, 2.05) is 27.7 Å². The van der Waals surface area contributed by atoms with E-state index in [1.54, 1.807) is 0 Å². The maximum Gasteiger partial charge on any atom is 0.311 e. The summed E-state index contributed by atoms with van der Waals surface area (Å²) in [7, 11) is 0. The van der Waals surface area contributed by atoms with Crippen LogP contribution in [0.25, 0.3) is 0 Å². The summed E-state index contributed by atoms with van der Waals surface area (Å²) in [5, 5.41) is 20.0.